The zero-order valence-corrected chi connectivity index (χ0v) is 34.3. The first kappa shape index (κ1) is 40.7. The van der Waals surface area contributed by atoms with Crippen molar-refractivity contribution in [1.29, 1.82) is 0 Å². The minimum absolute atomic E-state index is 0.329. The molecule has 2 heterocycles. The topological polar surface area (TPSA) is 80.9 Å². The van der Waals surface area contributed by atoms with Crippen LogP contribution in [0.1, 0.15) is 106 Å². The van der Waals surface area contributed by atoms with Crippen molar-refractivity contribution in [3.63, 3.8) is 0 Å². The summed E-state index contributed by atoms with van der Waals surface area (Å²) in [5.41, 5.74) is 6.05. The molecule has 2 aromatic heterocycles. The van der Waals surface area contributed by atoms with E-state index in [1.165, 1.54) is 43.6 Å². The number of carbonyl (C=O) groups excluding carboxylic acids is 2. The van der Waals surface area contributed by atoms with Crippen molar-refractivity contribution in [3.05, 3.63) is 84.9 Å². The lowest BCUT2D eigenvalue weighted by Gasteiger charge is -2.24. The van der Waals surface area contributed by atoms with Gasteiger partial charge in [-0.15, -0.1) is 0 Å². The van der Waals surface area contributed by atoms with Crippen molar-refractivity contribution in [2.45, 2.75) is 130 Å². The van der Waals surface area contributed by atoms with Crippen LogP contribution in [-0.2, 0) is 32.0 Å². The molecule has 6 rings (SSSR count). The minimum Gasteiger partial charge on any atom is -0.434 e. The Morgan fingerprint density at radius 2 is 0.893 bits per heavy atom. The van der Waals surface area contributed by atoms with E-state index in [-0.39, 0.29) is 0 Å². The fraction of sp³-hybridized carbons (Fsp3) is 0.458. The van der Waals surface area contributed by atoms with Crippen LogP contribution in [0.25, 0.3) is 54.7 Å². The van der Waals surface area contributed by atoms with Gasteiger partial charge in [0.2, 0.25) is 0 Å². The van der Waals surface area contributed by atoms with Gasteiger partial charge in [0, 0.05) is 56.7 Å². The predicted octanol–water partition coefficient (Wildman–Crippen LogP) is 13.4. The first-order valence-electron chi connectivity index (χ1n) is 20.7. The van der Waals surface area contributed by atoms with Crippen molar-refractivity contribution in [1.82, 2.24) is 9.13 Å². The van der Waals surface area contributed by atoms with Crippen molar-refractivity contribution < 1.29 is 28.5 Å². The number of benzene rings is 4. The number of carbonyl (C=O) groups is 2. The third-order valence-electron chi connectivity index (χ3n) is 10.9. The van der Waals surface area contributed by atoms with Crippen LogP contribution in [0.3, 0.4) is 0 Å². The third-order valence-corrected chi connectivity index (χ3v) is 10.9. The molecule has 0 fully saturated rings. The van der Waals surface area contributed by atoms with E-state index in [9.17, 15) is 9.59 Å². The molecule has 298 valence electrons. The highest BCUT2D eigenvalue weighted by Crippen LogP contribution is 2.36. The normalized spacial score (nSPS) is 12.2. The van der Waals surface area contributed by atoms with Crippen molar-refractivity contribution in [2.75, 3.05) is 13.2 Å². The molecule has 0 saturated heterocycles. The highest BCUT2D eigenvalue weighted by Gasteiger charge is 2.24. The number of nitrogens with zero attached hydrogens (tertiary/aromatic N) is 2. The maximum Gasteiger partial charge on any atom is 0.508 e. The standard InChI is InChI=1S/C48H60N2O6/c1-7-9-27-47(3,4)55-45(51)53-31-17-15-29-49-41-21-13-11-19-37(41)39-25-23-35(33-43(39)49)36-24-26-40-38-20-12-14-22-42(38)50(44(40)34-36)30-16-18-32-54-46(52)56-48(5,6)28-10-8-2/h11-14,19-26,33-34H,7-10,15-18,27-32H2,1-6H3. The molecular weight excluding hydrogens is 701 g/mol. The number of rotatable bonds is 19. The van der Waals surface area contributed by atoms with E-state index < -0.39 is 23.5 Å². The molecule has 6 aromatic rings. The van der Waals surface area contributed by atoms with Crippen LogP contribution in [0.15, 0.2) is 84.9 Å². The fourth-order valence-electron chi connectivity index (χ4n) is 7.81. The molecular formula is C48H60N2O6. The summed E-state index contributed by atoms with van der Waals surface area (Å²) >= 11 is 0. The van der Waals surface area contributed by atoms with Crippen LogP contribution in [0.4, 0.5) is 9.59 Å². The molecule has 0 N–H and O–H groups in total. The van der Waals surface area contributed by atoms with Crippen LogP contribution in [0.2, 0.25) is 0 Å². The lowest BCUT2D eigenvalue weighted by atomic mass is 10.0. The number of unbranched alkanes of at least 4 members (excludes halogenated alkanes) is 4. The zero-order chi connectivity index (χ0) is 39.7. The number of fused-ring (bicyclic) bond motifs is 6. The van der Waals surface area contributed by atoms with Gasteiger partial charge in [0.1, 0.15) is 11.2 Å². The van der Waals surface area contributed by atoms with Crippen molar-refractivity contribution >= 4 is 55.9 Å². The summed E-state index contributed by atoms with van der Waals surface area (Å²) in [7, 11) is 0. The lowest BCUT2D eigenvalue weighted by Crippen LogP contribution is -2.28. The van der Waals surface area contributed by atoms with Crippen LogP contribution >= 0.6 is 0 Å². The Hall–Kier alpha value is -4.98. The highest BCUT2D eigenvalue weighted by atomic mass is 16.7. The summed E-state index contributed by atoms with van der Waals surface area (Å²) in [6, 6.07) is 30.7. The molecule has 0 aliphatic carbocycles. The van der Waals surface area contributed by atoms with Gasteiger partial charge in [0.25, 0.3) is 0 Å². The smallest absolute Gasteiger partial charge is 0.434 e. The SMILES string of the molecule is CCCCC(C)(C)OC(=O)OCCCCn1c2ccccc2c2ccc(-c3ccc4c5ccccc5n(CCCCOC(=O)OC(C)(C)CCCC)c4c3)cc21. The molecule has 0 saturated carbocycles. The molecule has 4 aromatic carbocycles. The van der Waals surface area contributed by atoms with E-state index in [1.807, 2.05) is 27.7 Å². The fourth-order valence-corrected chi connectivity index (χ4v) is 7.81. The summed E-state index contributed by atoms with van der Waals surface area (Å²) in [5, 5.41) is 4.92. The van der Waals surface area contributed by atoms with Gasteiger partial charge in [-0.25, -0.2) is 9.59 Å². The quantitative estimate of drug-likeness (QED) is 0.0604. The molecule has 0 aliphatic rings. The summed E-state index contributed by atoms with van der Waals surface area (Å²) < 4.78 is 26.9. The second-order valence-corrected chi connectivity index (χ2v) is 16.3. The lowest BCUT2D eigenvalue weighted by molar-refractivity contribution is -0.0228. The number of hydrogen-bond donors (Lipinski definition) is 0. The van der Waals surface area contributed by atoms with Crippen molar-refractivity contribution in [3.8, 4) is 11.1 Å². The van der Waals surface area contributed by atoms with E-state index in [4.69, 9.17) is 18.9 Å². The molecule has 8 heteroatoms. The highest BCUT2D eigenvalue weighted by molar-refractivity contribution is 6.11. The predicted molar refractivity (Wildman–Crippen MR) is 228 cm³/mol. The number of hydrogen-bond acceptors (Lipinski definition) is 6. The first-order chi connectivity index (χ1) is 27.0. The van der Waals surface area contributed by atoms with E-state index in [1.54, 1.807) is 0 Å². The molecule has 0 spiro atoms. The van der Waals surface area contributed by atoms with Crippen LogP contribution < -0.4 is 0 Å². The van der Waals surface area contributed by atoms with E-state index in [0.717, 1.165) is 88.4 Å². The number of aryl methyl sites for hydroxylation is 2. The Labute approximate surface area is 332 Å². The zero-order valence-electron chi connectivity index (χ0n) is 34.3. The number of aromatic nitrogens is 2. The van der Waals surface area contributed by atoms with Gasteiger partial charge in [-0.3, -0.25) is 0 Å². The molecule has 0 atom stereocenters. The van der Waals surface area contributed by atoms with Gasteiger partial charge < -0.3 is 28.1 Å². The number of ether oxygens (including phenoxy) is 4. The largest absolute Gasteiger partial charge is 0.508 e. The van der Waals surface area contributed by atoms with E-state index in [2.05, 4.69) is 108 Å². The Morgan fingerprint density at radius 3 is 1.30 bits per heavy atom. The van der Waals surface area contributed by atoms with Gasteiger partial charge in [-0.05, 0) is 114 Å². The molecule has 0 bridgehead atoms. The summed E-state index contributed by atoms with van der Waals surface area (Å²) in [5.74, 6) is 0. The van der Waals surface area contributed by atoms with Gasteiger partial charge in [-0.1, -0.05) is 87.4 Å². The van der Waals surface area contributed by atoms with Gasteiger partial charge in [0.15, 0.2) is 0 Å². The Kier molecular flexibility index (Phi) is 13.3. The Bertz CT molecular complexity index is 2100. The third kappa shape index (κ3) is 9.87. The maximum atomic E-state index is 12.4. The Balaban J connectivity index is 1.16. The monoisotopic (exact) mass is 760 g/mol. The van der Waals surface area contributed by atoms with E-state index in [0.29, 0.717) is 13.2 Å². The molecule has 56 heavy (non-hydrogen) atoms. The average Bonchev–Trinajstić information content (AvgIpc) is 3.67. The minimum atomic E-state index is -0.586. The average molecular weight is 761 g/mol. The molecule has 0 radical (unpaired) electrons. The number of para-hydroxylation sites is 2. The summed E-state index contributed by atoms with van der Waals surface area (Å²) in [6.45, 7) is 14.3. The van der Waals surface area contributed by atoms with E-state index >= 15 is 0 Å². The second-order valence-electron chi connectivity index (χ2n) is 16.3. The second kappa shape index (κ2) is 18.3. The van der Waals surface area contributed by atoms with Crippen LogP contribution in [-0.4, -0.2) is 45.9 Å². The summed E-state index contributed by atoms with van der Waals surface area (Å²) in [6.07, 6.45) is 7.81. The van der Waals surface area contributed by atoms with Crippen LogP contribution in [0.5, 0.6) is 0 Å². The maximum absolute atomic E-state index is 12.4. The first-order valence-corrected chi connectivity index (χ1v) is 20.7. The molecule has 0 amide bonds. The summed E-state index contributed by atoms with van der Waals surface area (Å²) in [4.78, 5) is 24.8. The molecule has 8 nitrogen and oxygen atoms in total. The Morgan fingerprint density at radius 1 is 0.500 bits per heavy atom. The van der Waals surface area contributed by atoms with Gasteiger partial charge >= 0.3 is 12.3 Å². The molecule has 0 unspecified atom stereocenters. The molecule has 0 aliphatic heterocycles. The van der Waals surface area contributed by atoms with Gasteiger partial charge in [0.05, 0.1) is 13.2 Å². The van der Waals surface area contributed by atoms with Gasteiger partial charge in [-0.2, -0.15) is 0 Å². The van der Waals surface area contributed by atoms with Crippen molar-refractivity contribution in [2.24, 2.45) is 0 Å². The van der Waals surface area contributed by atoms with Crippen LogP contribution in [0, 0.1) is 0 Å².